The molecule has 2 rings (SSSR count). The third kappa shape index (κ3) is 3.37. The van der Waals surface area contributed by atoms with Crippen molar-refractivity contribution >= 4 is 6.21 Å². The Hall–Kier alpha value is -1.31. The second kappa shape index (κ2) is 7.04. The summed E-state index contributed by atoms with van der Waals surface area (Å²) in [7, 11) is 0. The fourth-order valence-corrected chi connectivity index (χ4v) is 1.90. The highest BCUT2D eigenvalue weighted by Crippen LogP contribution is 2.22. The Balaban J connectivity index is 0.000000606. The first-order valence-electron chi connectivity index (χ1n) is 6.15. The van der Waals surface area contributed by atoms with Crippen molar-refractivity contribution in [2.24, 2.45) is 4.99 Å². The standard InChI is InChI=1S/C12H16N2.C2H6/c1-2-14-9-5-12(6-10-14)11-3-7-13-8-4-11;1-2/h2-3,5,7H,1,4,6,8-10H2;1-2H3. The molecule has 2 heteroatoms. The number of dihydropyridines is 1. The lowest BCUT2D eigenvalue weighted by molar-refractivity contribution is 0.404. The minimum Gasteiger partial charge on any atom is -0.374 e. The molecule has 2 aliphatic heterocycles. The van der Waals surface area contributed by atoms with Crippen LogP contribution in [0.25, 0.3) is 0 Å². The Morgan fingerprint density at radius 2 is 2.12 bits per heavy atom. The van der Waals surface area contributed by atoms with Gasteiger partial charge in [0, 0.05) is 25.8 Å². The van der Waals surface area contributed by atoms with Gasteiger partial charge in [-0.3, -0.25) is 4.99 Å². The van der Waals surface area contributed by atoms with Crippen molar-refractivity contribution in [1.29, 1.82) is 0 Å². The number of rotatable bonds is 2. The predicted octanol–water partition coefficient (Wildman–Crippen LogP) is 3.19. The van der Waals surface area contributed by atoms with Crippen LogP contribution in [0.3, 0.4) is 0 Å². The smallest absolute Gasteiger partial charge is 0.0429 e. The molecular formula is C14H22N2. The van der Waals surface area contributed by atoms with E-state index in [4.69, 9.17) is 0 Å². The summed E-state index contributed by atoms with van der Waals surface area (Å²) < 4.78 is 0. The number of aliphatic imine (C=N–C) groups is 1. The summed E-state index contributed by atoms with van der Waals surface area (Å²) in [4.78, 5) is 6.44. The van der Waals surface area contributed by atoms with E-state index < -0.39 is 0 Å². The second-order valence-corrected chi connectivity index (χ2v) is 3.65. The minimum absolute atomic E-state index is 0.953. The first-order valence-corrected chi connectivity index (χ1v) is 6.15. The second-order valence-electron chi connectivity index (χ2n) is 3.65. The SMILES string of the molecule is C=CN1CC=C(C2=CC=NCC2)CC1.CC. The quantitative estimate of drug-likeness (QED) is 0.695. The molecule has 0 bridgehead atoms. The summed E-state index contributed by atoms with van der Waals surface area (Å²) in [5.74, 6) is 0. The molecule has 0 aliphatic carbocycles. The van der Waals surface area contributed by atoms with Crippen LogP contribution in [0, 0.1) is 0 Å². The molecule has 0 atom stereocenters. The topological polar surface area (TPSA) is 15.6 Å². The third-order valence-corrected chi connectivity index (χ3v) is 2.80. The van der Waals surface area contributed by atoms with E-state index in [1.807, 2.05) is 26.3 Å². The number of allylic oxidation sites excluding steroid dienone is 1. The summed E-state index contributed by atoms with van der Waals surface area (Å²) in [5.41, 5.74) is 2.98. The van der Waals surface area contributed by atoms with Gasteiger partial charge in [-0.1, -0.05) is 26.5 Å². The van der Waals surface area contributed by atoms with Crippen molar-refractivity contribution in [3.05, 3.63) is 36.1 Å². The molecule has 0 amide bonds. The summed E-state index contributed by atoms with van der Waals surface area (Å²) in [6.07, 6.45) is 10.6. The van der Waals surface area contributed by atoms with Gasteiger partial charge in [0.25, 0.3) is 0 Å². The van der Waals surface area contributed by atoms with E-state index in [1.54, 1.807) is 0 Å². The lowest BCUT2D eigenvalue weighted by Crippen LogP contribution is -2.23. The highest BCUT2D eigenvalue weighted by atomic mass is 15.1. The van der Waals surface area contributed by atoms with Crippen molar-refractivity contribution in [3.63, 3.8) is 0 Å². The average molecular weight is 218 g/mol. The van der Waals surface area contributed by atoms with Crippen molar-refractivity contribution in [2.75, 3.05) is 19.6 Å². The molecule has 0 N–H and O–H groups in total. The Morgan fingerprint density at radius 3 is 2.62 bits per heavy atom. The van der Waals surface area contributed by atoms with Crippen molar-refractivity contribution in [3.8, 4) is 0 Å². The monoisotopic (exact) mass is 218 g/mol. The number of hydrogen-bond acceptors (Lipinski definition) is 2. The van der Waals surface area contributed by atoms with E-state index in [0.29, 0.717) is 0 Å². The molecular weight excluding hydrogens is 196 g/mol. The highest BCUT2D eigenvalue weighted by Gasteiger charge is 2.12. The van der Waals surface area contributed by atoms with Gasteiger partial charge in [0.05, 0.1) is 0 Å². The zero-order chi connectivity index (χ0) is 11.8. The molecule has 88 valence electrons. The molecule has 16 heavy (non-hydrogen) atoms. The van der Waals surface area contributed by atoms with Gasteiger partial charge in [0.1, 0.15) is 0 Å². The highest BCUT2D eigenvalue weighted by molar-refractivity contribution is 5.74. The molecule has 2 heterocycles. The van der Waals surface area contributed by atoms with Gasteiger partial charge in [-0.05, 0) is 36.3 Å². The molecule has 0 aromatic rings. The van der Waals surface area contributed by atoms with E-state index in [0.717, 1.165) is 32.5 Å². The van der Waals surface area contributed by atoms with Gasteiger partial charge < -0.3 is 4.90 Å². The number of hydrogen-bond donors (Lipinski definition) is 0. The molecule has 0 saturated heterocycles. The van der Waals surface area contributed by atoms with E-state index in [1.165, 1.54) is 11.1 Å². The molecule has 0 aromatic carbocycles. The Bertz CT molecular complexity index is 311. The molecule has 0 radical (unpaired) electrons. The molecule has 0 saturated carbocycles. The normalized spacial score (nSPS) is 19.2. The van der Waals surface area contributed by atoms with Gasteiger partial charge in [0.15, 0.2) is 0 Å². The van der Waals surface area contributed by atoms with Crippen LogP contribution in [0.5, 0.6) is 0 Å². The molecule has 0 spiro atoms. The van der Waals surface area contributed by atoms with Gasteiger partial charge in [-0.15, -0.1) is 0 Å². The van der Waals surface area contributed by atoms with Gasteiger partial charge in [-0.2, -0.15) is 0 Å². The summed E-state index contributed by atoms with van der Waals surface area (Å²) in [5, 5.41) is 0. The largest absolute Gasteiger partial charge is 0.374 e. The molecule has 2 aliphatic rings. The maximum atomic E-state index is 4.20. The summed E-state index contributed by atoms with van der Waals surface area (Å²) in [6, 6.07) is 0. The van der Waals surface area contributed by atoms with E-state index >= 15 is 0 Å². The first-order chi connectivity index (χ1) is 7.90. The zero-order valence-corrected chi connectivity index (χ0v) is 10.4. The van der Waals surface area contributed by atoms with Crippen molar-refractivity contribution < 1.29 is 0 Å². The average Bonchev–Trinajstić information content (AvgIpc) is 2.42. The fraction of sp³-hybridized carbons (Fsp3) is 0.500. The molecule has 0 fully saturated rings. The molecule has 2 nitrogen and oxygen atoms in total. The van der Waals surface area contributed by atoms with Gasteiger partial charge in [0.2, 0.25) is 0 Å². The Morgan fingerprint density at radius 1 is 1.31 bits per heavy atom. The van der Waals surface area contributed by atoms with E-state index in [2.05, 4.69) is 28.6 Å². The van der Waals surface area contributed by atoms with Crippen molar-refractivity contribution in [1.82, 2.24) is 4.90 Å². The third-order valence-electron chi connectivity index (χ3n) is 2.80. The lowest BCUT2D eigenvalue weighted by Gasteiger charge is -2.26. The number of nitrogens with zero attached hydrogens (tertiary/aromatic N) is 2. The molecule has 0 aromatic heterocycles. The van der Waals surface area contributed by atoms with Crippen LogP contribution in [0.2, 0.25) is 0 Å². The summed E-state index contributed by atoms with van der Waals surface area (Å²) in [6.45, 7) is 10.8. The van der Waals surface area contributed by atoms with Gasteiger partial charge in [-0.25, -0.2) is 0 Å². The minimum atomic E-state index is 0.953. The first kappa shape index (κ1) is 12.8. The van der Waals surface area contributed by atoms with Crippen LogP contribution in [0.15, 0.2) is 41.1 Å². The maximum Gasteiger partial charge on any atom is 0.0429 e. The fourth-order valence-electron chi connectivity index (χ4n) is 1.90. The van der Waals surface area contributed by atoms with Crippen LogP contribution < -0.4 is 0 Å². The Kier molecular flexibility index (Phi) is 5.62. The maximum absolute atomic E-state index is 4.20. The summed E-state index contributed by atoms with van der Waals surface area (Å²) >= 11 is 0. The van der Waals surface area contributed by atoms with Crippen LogP contribution in [0.1, 0.15) is 26.7 Å². The van der Waals surface area contributed by atoms with Gasteiger partial charge >= 0.3 is 0 Å². The predicted molar refractivity (Wildman–Crippen MR) is 71.9 cm³/mol. The van der Waals surface area contributed by atoms with Crippen LogP contribution in [0.4, 0.5) is 0 Å². The van der Waals surface area contributed by atoms with Crippen molar-refractivity contribution in [2.45, 2.75) is 26.7 Å². The van der Waals surface area contributed by atoms with Crippen LogP contribution in [-0.4, -0.2) is 30.7 Å². The van der Waals surface area contributed by atoms with E-state index in [9.17, 15) is 0 Å². The van der Waals surface area contributed by atoms with Crippen LogP contribution >= 0.6 is 0 Å². The lowest BCUT2D eigenvalue weighted by atomic mass is 9.96. The molecule has 0 unspecified atom stereocenters. The zero-order valence-electron chi connectivity index (χ0n) is 10.4. The van der Waals surface area contributed by atoms with Crippen LogP contribution in [-0.2, 0) is 0 Å². The Labute approximate surface area is 99.1 Å². The van der Waals surface area contributed by atoms with E-state index in [-0.39, 0.29) is 0 Å².